The summed E-state index contributed by atoms with van der Waals surface area (Å²) in [5.41, 5.74) is 2.71. The maximum Gasteiger partial charge on any atom is 0.315 e. The molecule has 0 saturated heterocycles. The van der Waals surface area contributed by atoms with Gasteiger partial charge in [0.25, 0.3) is 0 Å². The van der Waals surface area contributed by atoms with Gasteiger partial charge in [-0.2, -0.15) is 0 Å². The first kappa shape index (κ1) is 17.0. The first-order valence-corrected chi connectivity index (χ1v) is 9.24. The maximum atomic E-state index is 12.3. The molecule has 0 fully saturated rings. The van der Waals surface area contributed by atoms with Crippen LogP contribution in [0.1, 0.15) is 47.4 Å². The minimum Gasteiger partial charge on any atom is -0.383 e. The fourth-order valence-electron chi connectivity index (χ4n) is 3.20. The number of hydrogen-bond acceptors (Lipinski definition) is 3. The molecular weight excluding hydrogens is 320 g/mol. The van der Waals surface area contributed by atoms with Crippen molar-refractivity contribution in [3.63, 3.8) is 0 Å². The number of carbonyl (C=O) groups excluding carboxylic acids is 1. The summed E-state index contributed by atoms with van der Waals surface area (Å²) in [7, 11) is 0. The van der Waals surface area contributed by atoms with Gasteiger partial charge < -0.3 is 15.7 Å². The Morgan fingerprint density at radius 2 is 2.25 bits per heavy atom. The Kier molecular flexibility index (Phi) is 4.92. The summed E-state index contributed by atoms with van der Waals surface area (Å²) in [5, 5.41) is 18.3. The van der Waals surface area contributed by atoms with Gasteiger partial charge in [0.2, 0.25) is 0 Å². The maximum absolute atomic E-state index is 12.3. The molecule has 24 heavy (non-hydrogen) atoms. The second-order valence-corrected chi connectivity index (χ2v) is 7.67. The van der Waals surface area contributed by atoms with E-state index in [9.17, 15) is 9.90 Å². The van der Waals surface area contributed by atoms with E-state index in [0.717, 1.165) is 24.1 Å². The second kappa shape index (κ2) is 6.95. The number of amides is 2. The van der Waals surface area contributed by atoms with Gasteiger partial charge in [-0.25, -0.2) is 4.79 Å². The number of nitrogens with one attached hydrogen (secondary N) is 2. The van der Waals surface area contributed by atoms with Crippen molar-refractivity contribution < 1.29 is 9.90 Å². The molecule has 3 N–H and O–H groups in total. The van der Waals surface area contributed by atoms with Crippen LogP contribution in [0, 0.1) is 6.92 Å². The van der Waals surface area contributed by atoms with E-state index < -0.39 is 5.60 Å². The molecule has 1 aliphatic carbocycles. The van der Waals surface area contributed by atoms with E-state index in [-0.39, 0.29) is 18.6 Å². The summed E-state index contributed by atoms with van der Waals surface area (Å²) in [6.45, 7) is 3.98. The van der Waals surface area contributed by atoms with Gasteiger partial charge in [0.1, 0.15) is 5.60 Å². The number of rotatable bonds is 4. The van der Waals surface area contributed by atoms with Gasteiger partial charge in [-0.15, -0.1) is 11.3 Å². The first-order chi connectivity index (χ1) is 11.5. The van der Waals surface area contributed by atoms with E-state index in [4.69, 9.17) is 0 Å². The molecule has 1 aliphatic rings. The van der Waals surface area contributed by atoms with Gasteiger partial charge in [-0.3, -0.25) is 0 Å². The zero-order valence-corrected chi connectivity index (χ0v) is 15.0. The van der Waals surface area contributed by atoms with E-state index in [1.165, 1.54) is 28.0 Å². The van der Waals surface area contributed by atoms with Gasteiger partial charge in [-0.1, -0.05) is 29.8 Å². The van der Waals surface area contributed by atoms with Crippen LogP contribution < -0.4 is 10.6 Å². The van der Waals surface area contributed by atoms with Gasteiger partial charge in [0, 0.05) is 4.88 Å². The summed E-state index contributed by atoms with van der Waals surface area (Å²) in [6.07, 6.45) is 3.10. The molecular formula is C19H24N2O2S. The summed E-state index contributed by atoms with van der Waals surface area (Å²) < 4.78 is 0. The predicted octanol–water partition coefficient (Wildman–Crippen LogP) is 3.64. The van der Waals surface area contributed by atoms with Crippen LogP contribution in [-0.2, 0) is 12.0 Å². The van der Waals surface area contributed by atoms with Gasteiger partial charge in [-0.05, 0) is 55.7 Å². The molecule has 0 aliphatic heterocycles. The van der Waals surface area contributed by atoms with Crippen molar-refractivity contribution in [3.05, 3.63) is 57.3 Å². The van der Waals surface area contributed by atoms with Crippen molar-refractivity contribution in [2.45, 2.75) is 44.8 Å². The largest absolute Gasteiger partial charge is 0.383 e. The molecule has 4 nitrogen and oxygen atoms in total. The molecule has 0 spiro atoms. The van der Waals surface area contributed by atoms with Crippen LogP contribution in [0.4, 0.5) is 4.79 Å². The second-order valence-electron chi connectivity index (χ2n) is 6.73. The zero-order valence-electron chi connectivity index (χ0n) is 14.1. The third-order valence-electron chi connectivity index (χ3n) is 4.57. The number of fused-ring (bicyclic) bond motifs is 1. The molecule has 1 unspecified atom stereocenters. The Labute approximate surface area is 146 Å². The molecule has 128 valence electrons. The summed E-state index contributed by atoms with van der Waals surface area (Å²) >= 11 is 1.49. The van der Waals surface area contributed by atoms with Crippen molar-refractivity contribution in [3.8, 4) is 0 Å². The molecule has 1 aromatic carbocycles. The van der Waals surface area contributed by atoms with Crippen molar-refractivity contribution in [2.75, 3.05) is 6.54 Å². The normalized spacial score (nSPS) is 19.2. The number of aliphatic hydroxyl groups is 1. The van der Waals surface area contributed by atoms with Crippen LogP contribution >= 0.6 is 11.3 Å². The van der Waals surface area contributed by atoms with Crippen molar-refractivity contribution in [2.24, 2.45) is 0 Å². The topological polar surface area (TPSA) is 61.4 Å². The predicted molar refractivity (Wildman–Crippen MR) is 97.3 cm³/mol. The van der Waals surface area contributed by atoms with Crippen LogP contribution in [0.15, 0.2) is 35.7 Å². The molecule has 1 aromatic heterocycles. The lowest BCUT2D eigenvalue weighted by atomic mass is 9.87. The van der Waals surface area contributed by atoms with Gasteiger partial charge in [0.15, 0.2) is 0 Å². The van der Waals surface area contributed by atoms with Crippen LogP contribution in [-0.4, -0.2) is 17.7 Å². The van der Waals surface area contributed by atoms with Crippen LogP contribution in [0.3, 0.4) is 0 Å². The third-order valence-corrected chi connectivity index (χ3v) is 5.69. The van der Waals surface area contributed by atoms with E-state index in [1.807, 2.05) is 17.5 Å². The van der Waals surface area contributed by atoms with Gasteiger partial charge in [0.05, 0.1) is 12.6 Å². The number of aryl methyl sites for hydroxylation is 2. The highest BCUT2D eigenvalue weighted by Gasteiger charge is 2.26. The molecule has 3 rings (SSSR count). The number of carbonyl (C=O) groups is 1. The number of benzene rings is 1. The Hall–Kier alpha value is -1.85. The lowest BCUT2D eigenvalue weighted by molar-refractivity contribution is 0.0630. The molecule has 2 aromatic rings. The summed E-state index contributed by atoms with van der Waals surface area (Å²) in [6, 6.07) is 10.0. The third kappa shape index (κ3) is 3.79. The molecule has 1 heterocycles. The number of hydrogen-bond donors (Lipinski definition) is 3. The quantitative estimate of drug-likeness (QED) is 0.793. The van der Waals surface area contributed by atoms with E-state index in [2.05, 4.69) is 35.8 Å². The van der Waals surface area contributed by atoms with Crippen LogP contribution in [0.2, 0.25) is 0 Å². The smallest absolute Gasteiger partial charge is 0.315 e. The van der Waals surface area contributed by atoms with E-state index in [1.54, 1.807) is 6.92 Å². The van der Waals surface area contributed by atoms with Crippen molar-refractivity contribution in [1.82, 2.24) is 10.6 Å². The summed E-state index contributed by atoms with van der Waals surface area (Å²) in [5.74, 6) is 0. The number of thiophene rings is 1. The highest BCUT2D eigenvalue weighted by molar-refractivity contribution is 7.10. The van der Waals surface area contributed by atoms with Gasteiger partial charge >= 0.3 is 6.03 Å². The first-order valence-electron chi connectivity index (χ1n) is 8.36. The minimum atomic E-state index is -1.05. The van der Waals surface area contributed by atoms with E-state index >= 15 is 0 Å². The highest BCUT2D eigenvalue weighted by Crippen LogP contribution is 2.30. The van der Waals surface area contributed by atoms with E-state index in [0.29, 0.717) is 0 Å². The Bertz CT molecular complexity index is 710. The number of urea groups is 1. The zero-order chi connectivity index (χ0) is 17.2. The molecule has 2 atom stereocenters. The van der Waals surface area contributed by atoms with Crippen molar-refractivity contribution >= 4 is 17.4 Å². The average Bonchev–Trinajstić information content (AvgIpc) is 3.09. The minimum absolute atomic E-state index is 0.0420. The Morgan fingerprint density at radius 3 is 3.00 bits per heavy atom. The fraction of sp³-hybridized carbons (Fsp3) is 0.421. The molecule has 2 amide bonds. The average molecular weight is 344 g/mol. The Balaban J connectivity index is 1.61. The molecule has 0 bridgehead atoms. The standard InChI is InChI=1S/C19H24N2O2S/c1-13-8-9-14-5-3-6-16(15(14)11-13)21-18(22)20-12-19(2,23)17-7-4-10-24-17/h4,7-11,16,23H,3,5-6,12H2,1-2H3,(H2,20,21,22)/t16-,19?/m0/s1. The lowest BCUT2D eigenvalue weighted by Crippen LogP contribution is -2.44. The molecule has 5 heteroatoms. The summed E-state index contributed by atoms with van der Waals surface area (Å²) in [4.78, 5) is 13.1. The van der Waals surface area contributed by atoms with Crippen molar-refractivity contribution in [1.29, 1.82) is 0 Å². The highest BCUT2D eigenvalue weighted by atomic mass is 32.1. The SMILES string of the molecule is Cc1ccc2c(c1)[C@@H](NC(=O)NCC(C)(O)c1cccs1)CCC2. The fourth-order valence-corrected chi connectivity index (χ4v) is 3.99. The van der Waals surface area contributed by atoms with Crippen LogP contribution in [0.25, 0.3) is 0 Å². The lowest BCUT2D eigenvalue weighted by Gasteiger charge is -2.28. The molecule has 0 saturated carbocycles. The Morgan fingerprint density at radius 1 is 1.42 bits per heavy atom. The molecule has 0 radical (unpaired) electrons. The van der Waals surface area contributed by atoms with Crippen LogP contribution in [0.5, 0.6) is 0 Å². The monoisotopic (exact) mass is 344 g/mol.